The molecule has 0 amide bonds. The van der Waals surface area contributed by atoms with Crippen molar-refractivity contribution in [1.82, 2.24) is 24.9 Å². The minimum absolute atomic E-state index is 0.0482. The van der Waals surface area contributed by atoms with E-state index in [2.05, 4.69) is 24.9 Å². The lowest BCUT2D eigenvalue weighted by Crippen LogP contribution is -1.92. The number of pyridine rings is 1. The van der Waals surface area contributed by atoms with Crippen molar-refractivity contribution in [2.45, 2.75) is 16.7 Å². The van der Waals surface area contributed by atoms with Crippen molar-refractivity contribution in [3.63, 3.8) is 0 Å². The summed E-state index contributed by atoms with van der Waals surface area (Å²) in [5.74, 6) is 0. The summed E-state index contributed by atoms with van der Waals surface area (Å²) < 4.78 is 0. The van der Waals surface area contributed by atoms with Gasteiger partial charge >= 0.3 is 0 Å². The molecule has 0 saturated carbocycles. The van der Waals surface area contributed by atoms with Crippen LogP contribution >= 0.6 is 11.8 Å². The molecule has 18 heavy (non-hydrogen) atoms. The molecule has 0 atom stereocenters. The Bertz CT molecular complexity index is 684. The van der Waals surface area contributed by atoms with Gasteiger partial charge in [0.05, 0.1) is 12.9 Å². The van der Waals surface area contributed by atoms with Gasteiger partial charge in [0.25, 0.3) is 0 Å². The standard InChI is InChI=1S/C11H9N5OS/c17-4-7-2-1-3-12-10(7)18-11-8-9(14-5-13-8)15-6-16-11/h1-3,5-6,17H,4H2,(H,13,14,15,16). The maximum absolute atomic E-state index is 9.26. The molecule has 0 aliphatic carbocycles. The summed E-state index contributed by atoms with van der Waals surface area (Å²) in [5, 5.41) is 10.7. The normalized spacial score (nSPS) is 10.9. The topological polar surface area (TPSA) is 87.6 Å². The van der Waals surface area contributed by atoms with Crippen molar-refractivity contribution < 1.29 is 5.11 Å². The van der Waals surface area contributed by atoms with Crippen LogP contribution in [0.3, 0.4) is 0 Å². The van der Waals surface area contributed by atoms with Crippen LogP contribution in [0.5, 0.6) is 0 Å². The number of aromatic nitrogens is 5. The van der Waals surface area contributed by atoms with Crippen LogP contribution in [-0.4, -0.2) is 30.0 Å². The zero-order chi connectivity index (χ0) is 12.4. The van der Waals surface area contributed by atoms with Gasteiger partial charge in [0, 0.05) is 11.8 Å². The molecule has 0 aromatic carbocycles. The smallest absolute Gasteiger partial charge is 0.181 e. The Balaban J connectivity index is 2.04. The molecule has 90 valence electrons. The molecule has 0 spiro atoms. The molecule has 0 fully saturated rings. The second-order valence-electron chi connectivity index (χ2n) is 3.51. The van der Waals surface area contributed by atoms with E-state index in [1.807, 2.05) is 6.07 Å². The second kappa shape index (κ2) is 4.71. The largest absolute Gasteiger partial charge is 0.392 e. The fourth-order valence-corrected chi connectivity index (χ4v) is 2.46. The number of H-pyrrole nitrogens is 1. The van der Waals surface area contributed by atoms with E-state index in [0.717, 1.165) is 21.1 Å². The summed E-state index contributed by atoms with van der Waals surface area (Å²) in [5.41, 5.74) is 2.17. The number of aliphatic hydroxyl groups excluding tert-OH is 1. The fourth-order valence-electron chi connectivity index (χ4n) is 1.55. The summed E-state index contributed by atoms with van der Waals surface area (Å²) in [6.45, 7) is -0.0482. The number of imidazole rings is 1. The number of hydrogen-bond donors (Lipinski definition) is 2. The van der Waals surface area contributed by atoms with Gasteiger partial charge in [-0.3, -0.25) is 0 Å². The van der Waals surface area contributed by atoms with Crippen molar-refractivity contribution in [3.05, 3.63) is 36.5 Å². The maximum Gasteiger partial charge on any atom is 0.181 e. The van der Waals surface area contributed by atoms with Crippen LogP contribution in [0.4, 0.5) is 0 Å². The first-order valence-corrected chi connectivity index (χ1v) is 6.07. The Hall–Kier alpha value is -1.99. The lowest BCUT2D eigenvalue weighted by molar-refractivity contribution is 0.278. The second-order valence-corrected chi connectivity index (χ2v) is 4.49. The van der Waals surface area contributed by atoms with E-state index >= 15 is 0 Å². The van der Waals surface area contributed by atoms with Crippen molar-refractivity contribution >= 4 is 22.9 Å². The number of aliphatic hydroxyl groups is 1. The predicted octanol–water partition coefficient (Wildman–Crippen LogP) is 1.39. The summed E-state index contributed by atoms with van der Waals surface area (Å²) >= 11 is 1.38. The molecular weight excluding hydrogens is 250 g/mol. The Morgan fingerprint density at radius 2 is 2.11 bits per heavy atom. The fraction of sp³-hybridized carbons (Fsp3) is 0.0909. The van der Waals surface area contributed by atoms with Crippen LogP contribution < -0.4 is 0 Å². The van der Waals surface area contributed by atoms with Crippen molar-refractivity contribution in [1.29, 1.82) is 0 Å². The highest BCUT2D eigenvalue weighted by atomic mass is 32.2. The highest BCUT2D eigenvalue weighted by molar-refractivity contribution is 7.99. The Labute approximate surface area is 107 Å². The Kier molecular flexibility index (Phi) is 2.91. The van der Waals surface area contributed by atoms with Gasteiger partial charge in [0.15, 0.2) is 5.65 Å². The van der Waals surface area contributed by atoms with E-state index < -0.39 is 0 Å². The van der Waals surface area contributed by atoms with Gasteiger partial charge in [-0.2, -0.15) is 0 Å². The van der Waals surface area contributed by atoms with Crippen LogP contribution in [0.15, 0.2) is 41.0 Å². The first-order chi connectivity index (χ1) is 8.88. The van der Waals surface area contributed by atoms with Gasteiger partial charge in [-0.1, -0.05) is 6.07 Å². The van der Waals surface area contributed by atoms with E-state index in [0.29, 0.717) is 5.65 Å². The summed E-state index contributed by atoms with van der Waals surface area (Å²) in [6, 6.07) is 3.63. The van der Waals surface area contributed by atoms with Crippen LogP contribution in [0, 0.1) is 0 Å². The number of hydrogen-bond acceptors (Lipinski definition) is 6. The number of fused-ring (bicyclic) bond motifs is 1. The van der Waals surface area contributed by atoms with Crippen LogP contribution in [-0.2, 0) is 6.61 Å². The molecule has 0 aliphatic heterocycles. The SMILES string of the molecule is OCc1cccnc1Sc1ncnc2nc[nH]c12. The molecule has 0 saturated heterocycles. The third kappa shape index (κ3) is 1.93. The lowest BCUT2D eigenvalue weighted by Gasteiger charge is -2.04. The molecule has 3 heterocycles. The van der Waals surface area contributed by atoms with E-state index in [1.54, 1.807) is 18.6 Å². The van der Waals surface area contributed by atoms with Crippen molar-refractivity contribution in [2.24, 2.45) is 0 Å². The van der Waals surface area contributed by atoms with Crippen LogP contribution in [0.25, 0.3) is 11.2 Å². The average Bonchev–Trinajstić information content (AvgIpc) is 2.89. The summed E-state index contributed by atoms with van der Waals surface area (Å²) in [6.07, 6.45) is 4.73. The van der Waals surface area contributed by atoms with Crippen LogP contribution in [0.1, 0.15) is 5.56 Å². The Morgan fingerprint density at radius 3 is 3.00 bits per heavy atom. The number of nitrogens with zero attached hydrogens (tertiary/aromatic N) is 4. The van der Waals surface area contributed by atoms with Gasteiger partial charge in [0.2, 0.25) is 0 Å². The van der Waals surface area contributed by atoms with Gasteiger partial charge in [-0.25, -0.2) is 19.9 Å². The minimum Gasteiger partial charge on any atom is -0.392 e. The van der Waals surface area contributed by atoms with E-state index in [4.69, 9.17) is 0 Å². The van der Waals surface area contributed by atoms with E-state index in [-0.39, 0.29) is 6.61 Å². The average molecular weight is 259 g/mol. The summed E-state index contributed by atoms with van der Waals surface area (Å²) in [7, 11) is 0. The van der Waals surface area contributed by atoms with Gasteiger partial charge in [0.1, 0.15) is 21.9 Å². The molecule has 0 aliphatic rings. The van der Waals surface area contributed by atoms with Gasteiger partial charge in [-0.05, 0) is 17.8 Å². The molecule has 7 heteroatoms. The van der Waals surface area contributed by atoms with Crippen molar-refractivity contribution in [3.8, 4) is 0 Å². The predicted molar refractivity (Wildman–Crippen MR) is 66.0 cm³/mol. The number of aromatic amines is 1. The maximum atomic E-state index is 9.26. The zero-order valence-corrected chi connectivity index (χ0v) is 10.1. The molecule has 6 nitrogen and oxygen atoms in total. The molecule has 3 aromatic heterocycles. The molecular formula is C11H9N5OS. The first kappa shape index (κ1) is 11.1. The van der Waals surface area contributed by atoms with Crippen LogP contribution in [0.2, 0.25) is 0 Å². The third-order valence-electron chi connectivity index (χ3n) is 2.40. The highest BCUT2D eigenvalue weighted by Crippen LogP contribution is 2.30. The van der Waals surface area contributed by atoms with E-state index in [1.165, 1.54) is 18.1 Å². The van der Waals surface area contributed by atoms with Crippen molar-refractivity contribution in [2.75, 3.05) is 0 Å². The molecule has 0 bridgehead atoms. The summed E-state index contributed by atoms with van der Waals surface area (Å²) in [4.78, 5) is 19.6. The molecule has 2 N–H and O–H groups in total. The van der Waals surface area contributed by atoms with Gasteiger partial charge in [-0.15, -0.1) is 0 Å². The molecule has 3 rings (SSSR count). The first-order valence-electron chi connectivity index (χ1n) is 5.25. The third-order valence-corrected chi connectivity index (χ3v) is 3.47. The Morgan fingerprint density at radius 1 is 1.17 bits per heavy atom. The molecule has 0 radical (unpaired) electrons. The zero-order valence-electron chi connectivity index (χ0n) is 9.24. The minimum atomic E-state index is -0.0482. The highest BCUT2D eigenvalue weighted by Gasteiger charge is 2.10. The quantitative estimate of drug-likeness (QED) is 0.691. The number of rotatable bonds is 3. The van der Waals surface area contributed by atoms with E-state index in [9.17, 15) is 5.11 Å². The molecule has 3 aromatic rings. The number of nitrogens with one attached hydrogen (secondary N) is 1. The van der Waals surface area contributed by atoms with Gasteiger partial charge < -0.3 is 10.1 Å². The molecule has 0 unspecified atom stereocenters. The monoisotopic (exact) mass is 259 g/mol. The lowest BCUT2D eigenvalue weighted by atomic mass is 10.3.